The van der Waals surface area contributed by atoms with Gasteiger partial charge in [0.15, 0.2) is 0 Å². The molecule has 0 unspecified atom stereocenters. The molecule has 4 nitrogen and oxygen atoms in total. The number of benzene rings is 2. The molecule has 0 bridgehead atoms. The minimum atomic E-state index is -0.386. The van der Waals surface area contributed by atoms with Crippen molar-refractivity contribution < 1.29 is 14.6 Å². The summed E-state index contributed by atoms with van der Waals surface area (Å²) < 4.78 is 11.3. The van der Waals surface area contributed by atoms with Crippen LogP contribution in [0.25, 0.3) is 0 Å². The van der Waals surface area contributed by atoms with Crippen LogP contribution in [0.2, 0.25) is 0 Å². The van der Waals surface area contributed by atoms with E-state index in [2.05, 4.69) is 18.2 Å². The molecule has 2 aromatic carbocycles. The van der Waals surface area contributed by atoms with E-state index in [1.165, 1.54) is 16.7 Å². The molecular weight excluding hydrogens is 350 g/mol. The van der Waals surface area contributed by atoms with Gasteiger partial charge in [0, 0.05) is 11.6 Å². The third-order valence-electron chi connectivity index (χ3n) is 6.52. The number of aryl methyl sites for hydroxylation is 1. The lowest BCUT2D eigenvalue weighted by molar-refractivity contribution is 0.198. The summed E-state index contributed by atoms with van der Waals surface area (Å²) in [5.41, 5.74) is 10.2. The lowest BCUT2D eigenvalue weighted by atomic mass is 9.82. The topological polar surface area (TPSA) is 64.7 Å². The van der Waals surface area contributed by atoms with Crippen LogP contribution in [0.1, 0.15) is 48.3 Å². The Kier molecular flexibility index (Phi) is 5.61. The smallest absolute Gasteiger partial charge is 0.122 e. The van der Waals surface area contributed by atoms with Gasteiger partial charge in [0.05, 0.1) is 20.3 Å². The Morgan fingerprint density at radius 2 is 1.96 bits per heavy atom. The van der Waals surface area contributed by atoms with E-state index in [9.17, 15) is 5.11 Å². The van der Waals surface area contributed by atoms with Gasteiger partial charge in [0.2, 0.25) is 0 Å². The summed E-state index contributed by atoms with van der Waals surface area (Å²) in [6.45, 7) is 0.826. The van der Waals surface area contributed by atoms with Gasteiger partial charge in [-0.05, 0) is 79.2 Å². The molecule has 0 aromatic heterocycles. The third-order valence-corrected chi connectivity index (χ3v) is 6.52. The first-order valence-corrected chi connectivity index (χ1v) is 10.4. The average Bonchev–Trinajstić information content (AvgIpc) is 3.14. The Hall–Kier alpha value is -2.04. The van der Waals surface area contributed by atoms with E-state index >= 15 is 0 Å². The van der Waals surface area contributed by atoms with Crippen LogP contribution < -0.4 is 15.2 Å². The molecule has 0 spiro atoms. The van der Waals surface area contributed by atoms with Gasteiger partial charge < -0.3 is 20.3 Å². The molecule has 0 amide bonds. The molecule has 1 saturated carbocycles. The zero-order valence-electron chi connectivity index (χ0n) is 16.7. The highest BCUT2D eigenvalue weighted by Gasteiger charge is 2.36. The number of aliphatic hydroxyl groups is 1. The van der Waals surface area contributed by atoms with E-state index in [4.69, 9.17) is 15.2 Å². The summed E-state index contributed by atoms with van der Waals surface area (Å²) in [4.78, 5) is 0. The van der Waals surface area contributed by atoms with Crippen molar-refractivity contribution in [1.29, 1.82) is 0 Å². The van der Waals surface area contributed by atoms with Crippen LogP contribution in [-0.2, 0) is 12.8 Å². The van der Waals surface area contributed by atoms with Crippen molar-refractivity contribution in [2.45, 2.75) is 50.0 Å². The molecule has 0 heterocycles. The first-order valence-electron chi connectivity index (χ1n) is 10.4. The maximum absolute atomic E-state index is 9.53. The normalized spacial score (nSPS) is 26.7. The molecule has 2 aromatic rings. The maximum atomic E-state index is 9.53. The molecule has 3 atom stereocenters. The second kappa shape index (κ2) is 8.14. The van der Waals surface area contributed by atoms with Gasteiger partial charge in [-0.3, -0.25) is 0 Å². The SMILES string of the molecule is COc1cccc(OC[C@@H]2CCc3cc([C@H]4CC[C@](N)(CO)C4)ccc3C2)c1. The quantitative estimate of drug-likeness (QED) is 0.798. The average molecular weight is 382 g/mol. The molecule has 0 aliphatic heterocycles. The van der Waals surface area contributed by atoms with Crippen LogP contribution in [0, 0.1) is 5.92 Å². The Balaban J connectivity index is 1.37. The van der Waals surface area contributed by atoms with Crippen molar-refractivity contribution in [1.82, 2.24) is 0 Å². The maximum Gasteiger partial charge on any atom is 0.122 e. The second-order valence-corrected chi connectivity index (χ2v) is 8.59. The molecule has 4 rings (SSSR count). The van der Waals surface area contributed by atoms with Crippen LogP contribution in [0.5, 0.6) is 11.5 Å². The number of nitrogens with two attached hydrogens (primary N) is 1. The zero-order valence-corrected chi connectivity index (χ0v) is 16.7. The number of methoxy groups -OCH3 is 1. The van der Waals surface area contributed by atoms with Gasteiger partial charge in [-0.15, -0.1) is 0 Å². The molecule has 150 valence electrons. The van der Waals surface area contributed by atoms with Crippen molar-refractivity contribution in [3.63, 3.8) is 0 Å². The van der Waals surface area contributed by atoms with Gasteiger partial charge >= 0.3 is 0 Å². The van der Waals surface area contributed by atoms with Gasteiger partial charge in [-0.2, -0.15) is 0 Å². The summed E-state index contributed by atoms with van der Waals surface area (Å²) in [6, 6.07) is 14.8. The van der Waals surface area contributed by atoms with Crippen molar-refractivity contribution in [3.05, 3.63) is 59.2 Å². The van der Waals surface area contributed by atoms with Gasteiger partial charge in [0.25, 0.3) is 0 Å². The van der Waals surface area contributed by atoms with Crippen molar-refractivity contribution in [2.24, 2.45) is 11.7 Å². The summed E-state index contributed by atoms with van der Waals surface area (Å²) >= 11 is 0. The van der Waals surface area contributed by atoms with Crippen LogP contribution in [-0.4, -0.2) is 31.0 Å². The highest BCUT2D eigenvalue weighted by atomic mass is 16.5. The third kappa shape index (κ3) is 4.18. The Labute approximate surface area is 167 Å². The molecule has 1 fully saturated rings. The summed E-state index contributed by atoms with van der Waals surface area (Å²) in [5, 5.41) is 9.53. The fraction of sp³-hybridized carbons (Fsp3) is 0.500. The van der Waals surface area contributed by atoms with Crippen molar-refractivity contribution in [3.8, 4) is 11.5 Å². The van der Waals surface area contributed by atoms with E-state index in [0.717, 1.165) is 56.6 Å². The largest absolute Gasteiger partial charge is 0.497 e. The monoisotopic (exact) mass is 381 g/mol. The molecule has 0 saturated heterocycles. The van der Waals surface area contributed by atoms with Crippen LogP contribution in [0.15, 0.2) is 42.5 Å². The fourth-order valence-electron chi connectivity index (χ4n) is 4.74. The zero-order chi connectivity index (χ0) is 19.6. The predicted octanol–water partition coefficient (Wildman–Crippen LogP) is 3.84. The highest BCUT2D eigenvalue weighted by Crippen LogP contribution is 2.40. The number of hydrogen-bond donors (Lipinski definition) is 2. The Bertz CT molecular complexity index is 821. The van der Waals surface area contributed by atoms with Crippen LogP contribution >= 0.6 is 0 Å². The minimum Gasteiger partial charge on any atom is -0.497 e. The van der Waals surface area contributed by atoms with E-state index in [1.807, 2.05) is 24.3 Å². The first kappa shape index (κ1) is 19.3. The molecular formula is C24H31NO3. The molecule has 28 heavy (non-hydrogen) atoms. The molecule has 2 aliphatic carbocycles. The number of ether oxygens (including phenoxy) is 2. The van der Waals surface area contributed by atoms with E-state index < -0.39 is 0 Å². The summed E-state index contributed by atoms with van der Waals surface area (Å²) in [7, 11) is 1.67. The standard InChI is InChI=1S/C24H31NO3/c1-27-22-3-2-4-23(13-22)28-15-17-5-6-19-12-20(8-7-18(19)11-17)21-9-10-24(25,14-21)16-26/h2-4,7-8,12-13,17,21,26H,5-6,9-11,14-16,25H2,1H3/t17-,21+,24-/m1/s1. The fourth-order valence-corrected chi connectivity index (χ4v) is 4.74. The Morgan fingerprint density at radius 1 is 1.11 bits per heavy atom. The van der Waals surface area contributed by atoms with E-state index in [-0.39, 0.29) is 12.1 Å². The van der Waals surface area contributed by atoms with E-state index in [1.54, 1.807) is 7.11 Å². The van der Waals surface area contributed by atoms with Crippen molar-refractivity contribution in [2.75, 3.05) is 20.3 Å². The van der Waals surface area contributed by atoms with Gasteiger partial charge in [-0.25, -0.2) is 0 Å². The van der Waals surface area contributed by atoms with Crippen LogP contribution in [0.4, 0.5) is 0 Å². The highest BCUT2D eigenvalue weighted by molar-refractivity contribution is 5.37. The lowest BCUT2D eigenvalue weighted by Crippen LogP contribution is -2.40. The van der Waals surface area contributed by atoms with Crippen LogP contribution in [0.3, 0.4) is 0 Å². The van der Waals surface area contributed by atoms with Gasteiger partial charge in [-0.1, -0.05) is 24.3 Å². The summed E-state index contributed by atoms with van der Waals surface area (Å²) in [5.74, 6) is 2.73. The summed E-state index contributed by atoms with van der Waals surface area (Å²) in [6.07, 6.45) is 6.21. The molecule has 0 radical (unpaired) electrons. The van der Waals surface area contributed by atoms with Crippen molar-refractivity contribution >= 4 is 0 Å². The molecule has 3 N–H and O–H groups in total. The predicted molar refractivity (Wildman–Crippen MR) is 111 cm³/mol. The van der Waals surface area contributed by atoms with Gasteiger partial charge in [0.1, 0.15) is 11.5 Å². The second-order valence-electron chi connectivity index (χ2n) is 8.59. The Morgan fingerprint density at radius 3 is 2.75 bits per heavy atom. The number of rotatable bonds is 6. The van der Waals surface area contributed by atoms with E-state index in [0.29, 0.717) is 11.8 Å². The molecule has 2 aliphatic rings. The minimum absolute atomic E-state index is 0.0867. The number of fused-ring (bicyclic) bond motifs is 1. The first-order chi connectivity index (χ1) is 13.6. The number of hydrogen-bond acceptors (Lipinski definition) is 4. The number of aliphatic hydroxyl groups excluding tert-OH is 1. The molecule has 4 heteroatoms. The lowest BCUT2D eigenvalue weighted by Gasteiger charge is -2.26.